The summed E-state index contributed by atoms with van der Waals surface area (Å²) in [5.74, 6) is 0.0294. The van der Waals surface area contributed by atoms with E-state index in [2.05, 4.69) is 0 Å². The number of hydrogen-bond donors (Lipinski definition) is 1. The molecule has 1 aliphatic heterocycles. The number of carbonyl (C=O) groups is 2. The number of aliphatic hydroxyl groups excluding tert-OH is 1. The zero-order valence-electron chi connectivity index (χ0n) is 19.2. The van der Waals surface area contributed by atoms with Crippen LogP contribution in [0, 0.1) is 20.8 Å². The van der Waals surface area contributed by atoms with E-state index >= 15 is 0 Å². The summed E-state index contributed by atoms with van der Waals surface area (Å²) >= 11 is 0. The molecule has 0 aliphatic carbocycles. The van der Waals surface area contributed by atoms with E-state index in [0.29, 0.717) is 35.1 Å². The van der Waals surface area contributed by atoms with Crippen LogP contribution in [0.1, 0.15) is 47.6 Å². The van der Waals surface area contributed by atoms with Gasteiger partial charge in [0.1, 0.15) is 29.1 Å². The third-order valence-electron chi connectivity index (χ3n) is 5.70. The molecule has 0 bridgehead atoms. The van der Waals surface area contributed by atoms with Gasteiger partial charge in [-0.2, -0.15) is 0 Å². The summed E-state index contributed by atoms with van der Waals surface area (Å²) in [5, 5.41) is 11.2. The molecule has 6 heteroatoms. The molecule has 1 N–H and O–H groups in total. The highest BCUT2D eigenvalue weighted by Crippen LogP contribution is 2.43. The molecule has 6 nitrogen and oxygen atoms in total. The number of aliphatic hydroxyl groups is 1. The third-order valence-corrected chi connectivity index (χ3v) is 5.70. The average molecular weight is 446 g/mol. The number of anilines is 1. The molecule has 1 atom stereocenters. The molecule has 0 spiro atoms. The van der Waals surface area contributed by atoms with Crippen LogP contribution in [0.5, 0.6) is 5.75 Å². The number of furan rings is 1. The van der Waals surface area contributed by atoms with Crippen molar-refractivity contribution in [3.05, 3.63) is 88.4 Å². The van der Waals surface area contributed by atoms with Crippen molar-refractivity contribution in [1.29, 1.82) is 0 Å². The number of nitrogens with zero attached hydrogens (tertiary/aromatic N) is 1. The molecule has 1 aliphatic rings. The van der Waals surface area contributed by atoms with Crippen LogP contribution in [0.3, 0.4) is 0 Å². The van der Waals surface area contributed by atoms with Gasteiger partial charge in [0.15, 0.2) is 0 Å². The van der Waals surface area contributed by atoms with Crippen LogP contribution >= 0.6 is 0 Å². The molecule has 0 radical (unpaired) electrons. The van der Waals surface area contributed by atoms with E-state index in [-0.39, 0.29) is 11.3 Å². The van der Waals surface area contributed by atoms with Gasteiger partial charge in [-0.3, -0.25) is 14.5 Å². The van der Waals surface area contributed by atoms with Gasteiger partial charge in [-0.15, -0.1) is 0 Å². The zero-order valence-corrected chi connectivity index (χ0v) is 19.2. The maximum absolute atomic E-state index is 13.2. The fourth-order valence-electron chi connectivity index (χ4n) is 4.01. The number of ketones is 1. The third kappa shape index (κ3) is 4.16. The van der Waals surface area contributed by atoms with Gasteiger partial charge in [0, 0.05) is 11.3 Å². The molecular formula is C27H27NO5. The quantitative estimate of drug-likeness (QED) is 0.303. The summed E-state index contributed by atoms with van der Waals surface area (Å²) in [5.41, 5.74) is 2.82. The number of hydrogen-bond acceptors (Lipinski definition) is 5. The number of benzene rings is 2. The van der Waals surface area contributed by atoms with Gasteiger partial charge in [0.25, 0.3) is 11.7 Å². The van der Waals surface area contributed by atoms with Crippen LogP contribution in [-0.2, 0) is 9.59 Å². The number of Topliss-reactive ketones (excluding diaryl/α,β-unsaturated/α-hetero) is 1. The van der Waals surface area contributed by atoms with Crippen LogP contribution in [-0.4, -0.2) is 23.4 Å². The standard InChI is InChI=1S/C27H27NO5/c1-5-14-32-20-11-9-19(10-12-20)25(29)23-24(22-13-8-18(4)33-22)28(27(31)26(23)30)21-15-16(2)6-7-17(21)3/h6-13,15,24,29H,5,14H2,1-4H3/b25-23-. The molecule has 1 aromatic heterocycles. The number of amides is 1. The fourth-order valence-corrected chi connectivity index (χ4v) is 4.01. The van der Waals surface area contributed by atoms with Gasteiger partial charge < -0.3 is 14.3 Å². The summed E-state index contributed by atoms with van der Waals surface area (Å²) in [6.07, 6.45) is 0.881. The first kappa shape index (κ1) is 22.4. The molecule has 0 saturated carbocycles. The van der Waals surface area contributed by atoms with Gasteiger partial charge in [-0.1, -0.05) is 19.1 Å². The normalized spacial score (nSPS) is 17.6. The summed E-state index contributed by atoms with van der Waals surface area (Å²) in [7, 11) is 0. The van der Waals surface area contributed by atoms with E-state index in [9.17, 15) is 14.7 Å². The van der Waals surface area contributed by atoms with E-state index in [1.807, 2.05) is 39.0 Å². The van der Waals surface area contributed by atoms with Crippen LogP contribution in [0.25, 0.3) is 5.76 Å². The van der Waals surface area contributed by atoms with E-state index < -0.39 is 17.7 Å². The number of carbonyl (C=O) groups excluding carboxylic acids is 2. The lowest BCUT2D eigenvalue weighted by molar-refractivity contribution is -0.132. The first-order chi connectivity index (χ1) is 15.8. The Balaban J connectivity index is 1.86. The van der Waals surface area contributed by atoms with E-state index in [1.54, 1.807) is 43.3 Å². The second-order valence-corrected chi connectivity index (χ2v) is 8.28. The lowest BCUT2D eigenvalue weighted by atomic mass is 9.98. The molecule has 2 heterocycles. The van der Waals surface area contributed by atoms with Crippen molar-refractivity contribution in [3.63, 3.8) is 0 Å². The van der Waals surface area contributed by atoms with Crippen molar-refractivity contribution in [1.82, 2.24) is 0 Å². The minimum Gasteiger partial charge on any atom is -0.507 e. The predicted octanol–water partition coefficient (Wildman–Crippen LogP) is 5.62. The Labute approximate surface area is 193 Å². The van der Waals surface area contributed by atoms with Crippen molar-refractivity contribution in [2.75, 3.05) is 11.5 Å². The Morgan fingerprint density at radius 2 is 1.76 bits per heavy atom. The maximum Gasteiger partial charge on any atom is 0.300 e. The molecule has 3 aromatic rings. The maximum atomic E-state index is 13.2. The van der Waals surface area contributed by atoms with E-state index in [0.717, 1.165) is 17.5 Å². The Hall–Kier alpha value is -3.80. The van der Waals surface area contributed by atoms with Crippen LogP contribution in [0.2, 0.25) is 0 Å². The highest BCUT2D eigenvalue weighted by Gasteiger charge is 2.48. The first-order valence-corrected chi connectivity index (χ1v) is 11.0. The molecule has 33 heavy (non-hydrogen) atoms. The molecule has 1 saturated heterocycles. The minimum atomic E-state index is -0.879. The second-order valence-electron chi connectivity index (χ2n) is 8.28. The molecule has 1 fully saturated rings. The molecule has 4 rings (SSSR count). The van der Waals surface area contributed by atoms with Crippen molar-refractivity contribution in [3.8, 4) is 5.75 Å². The Bertz CT molecular complexity index is 1240. The molecule has 1 amide bonds. The molecular weight excluding hydrogens is 418 g/mol. The molecule has 170 valence electrons. The van der Waals surface area contributed by atoms with Gasteiger partial charge in [0.2, 0.25) is 0 Å². The monoisotopic (exact) mass is 445 g/mol. The van der Waals surface area contributed by atoms with Crippen molar-refractivity contribution in [2.45, 2.75) is 40.2 Å². The highest BCUT2D eigenvalue weighted by molar-refractivity contribution is 6.51. The highest BCUT2D eigenvalue weighted by atomic mass is 16.5. The van der Waals surface area contributed by atoms with Gasteiger partial charge >= 0.3 is 0 Å². The SMILES string of the molecule is CCCOc1ccc(/C(O)=C2/C(=O)C(=O)N(c3cc(C)ccc3C)C2c2ccc(C)o2)cc1. The lowest BCUT2D eigenvalue weighted by Gasteiger charge is -2.25. The summed E-state index contributed by atoms with van der Waals surface area (Å²) in [4.78, 5) is 27.9. The van der Waals surface area contributed by atoms with Crippen molar-refractivity contribution in [2.24, 2.45) is 0 Å². The second kappa shape index (κ2) is 8.98. The molecule has 2 aromatic carbocycles. The fraction of sp³-hybridized carbons (Fsp3) is 0.259. The van der Waals surface area contributed by atoms with E-state index in [1.165, 1.54) is 4.90 Å². The van der Waals surface area contributed by atoms with E-state index in [4.69, 9.17) is 9.15 Å². The lowest BCUT2D eigenvalue weighted by Crippen LogP contribution is -2.30. The van der Waals surface area contributed by atoms with Crippen LogP contribution in [0.4, 0.5) is 5.69 Å². The van der Waals surface area contributed by atoms with Crippen molar-refractivity contribution >= 4 is 23.1 Å². The average Bonchev–Trinajstić information content (AvgIpc) is 3.34. The Morgan fingerprint density at radius 1 is 1.03 bits per heavy atom. The Morgan fingerprint density at radius 3 is 2.39 bits per heavy atom. The topological polar surface area (TPSA) is 80.0 Å². The van der Waals surface area contributed by atoms with Crippen LogP contribution in [0.15, 0.2) is 64.6 Å². The first-order valence-electron chi connectivity index (χ1n) is 11.0. The van der Waals surface area contributed by atoms with Crippen LogP contribution < -0.4 is 9.64 Å². The van der Waals surface area contributed by atoms with Gasteiger partial charge in [-0.05, 0) is 80.8 Å². The van der Waals surface area contributed by atoms with Crippen molar-refractivity contribution < 1.29 is 23.8 Å². The molecule has 1 unspecified atom stereocenters. The largest absolute Gasteiger partial charge is 0.507 e. The predicted molar refractivity (Wildman–Crippen MR) is 126 cm³/mol. The smallest absolute Gasteiger partial charge is 0.300 e. The number of aryl methyl sites for hydroxylation is 3. The van der Waals surface area contributed by atoms with Gasteiger partial charge in [-0.25, -0.2) is 0 Å². The number of ether oxygens (including phenoxy) is 1. The summed E-state index contributed by atoms with van der Waals surface area (Å²) in [6, 6.07) is 15.2. The summed E-state index contributed by atoms with van der Waals surface area (Å²) < 4.78 is 11.5. The number of rotatable bonds is 6. The zero-order chi connectivity index (χ0) is 23.7. The minimum absolute atomic E-state index is 0.00233. The van der Waals surface area contributed by atoms with Gasteiger partial charge in [0.05, 0.1) is 12.2 Å². The summed E-state index contributed by atoms with van der Waals surface area (Å²) in [6.45, 7) is 8.21. The Kier molecular flexibility index (Phi) is 6.09.